The number of rotatable bonds is 7. The van der Waals surface area contributed by atoms with Gasteiger partial charge in [0.05, 0.1) is 13.2 Å². The lowest BCUT2D eigenvalue weighted by Crippen LogP contribution is -2.50. The molecule has 7 heteroatoms. The van der Waals surface area contributed by atoms with Gasteiger partial charge in [-0.2, -0.15) is 0 Å². The van der Waals surface area contributed by atoms with Crippen LogP contribution >= 0.6 is 0 Å². The summed E-state index contributed by atoms with van der Waals surface area (Å²) < 4.78 is 11.3. The van der Waals surface area contributed by atoms with Crippen LogP contribution in [-0.2, 0) is 14.0 Å². The van der Waals surface area contributed by atoms with Gasteiger partial charge in [0.25, 0.3) is 0 Å². The molecule has 0 N–H and O–H groups in total. The van der Waals surface area contributed by atoms with E-state index in [2.05, 4.69) is 43.9 Å². The Bertz CT molecular complexity index is 464. The summed E-state index contributed by atoms with van der Waals surface area (Å²) in [6, 6.07) is -0.500. The highest BCUT2D eigenvalue weighted by Crippen LogP contribution is 2.39. The molecule has 0 aromatic rings. The van der Waals surface area contributed by atoms with E-state index >= 15 is 0 Å². The van der Waals surface area contributed by atoms with Crippen molar-refractivity contribution in [2.45, 2.75) is 89.6 Å². The van der Waals surface area contributed by atoms with Gasteiger partial charge >= 0.3 is 5.97 Å². The second kappa shape index (κ2) is 8.88. The first kappa shape index (κ1) is 21.0. The number of hydrogen-bond donors (Lipinski definition) is 0. The van der Waals surface area contributed by atoms with E-state index < -0.39 is 26.4 Å². The van der Waals surface area contributed by atoms with E-state index in [1.54, 1.807) is 0 Å². The minimum Gasteiger partial charge on any atom is -0.467 e. The molecule has 0 bridgehead atoms. The summed E-state index contributed by atoms with van der Waals surface area (Å²) in [5.74, 6) is 0.0532. The lowest BCUT2D eigenvalue weighted by Gasteiger charge is -2.40. The van der Waals surface area contributed by atoms with Crippen molar-refractivity contribution in [3.8, 4) is 0 Å². The van der Waals surface area contributed by atoms with Crippen molar-refractivity contribution >= 4 is 14.3 Å². The third kappa shape index (κ3) is 5.79. The van der Waals surface area contributed by atoms with Crippen molar-refractivity contribution in [2.75, 3.05) is 7.11 Å². The predicted molar refractivity (Wildman–Crippen MR) is 98.2 cm³/mol. The average molecular weight is 356 g/mol. The minimum absolute atomic E-state index is 0.0367. The van der Waals surface area contributed by atoms with Gasteiger partial charge in [-0.05, 0) is 36.0 Å². The molecule has 1 saturated carbocycles. The monoisotopic (exact) mass is 355 g/mol. The molecular formula is C17H33N3O3Si. The minimum atomic E-state index is -2.19. The van der Waals surface area contributed by atoms with Crippen LogP contribution in [0.15, 0.2) is 5.11 Å². The number of methoxy groups -OCH3 is 1. The first-order valence-electron chi connectivity index (χ1n) is 8.92. The first-order valence-corrected chi connectivity index (χ1v) is 11.8. The summed E-state index contributed by atoms with van der Waals surface area (Å²) >= 11 is 0. The molecule has 6 nitrogen and oxygen atoms in total. The normalized spacial score (nSPS) is 19.2. The zero-order valence-electron chi connectivity index (χ0n) is 16.0. The largest absolute Gasteiger partial charge is 0.467 e. The van der Waals surface area contributed by atoms with Gasteiger partial charge in [0, 0.05) is 4.91 Å². The van der Waals surface area contributed by atoms with Gasteiger partial charge in [-0.25, -0.2) is 4.79 Å². The molecule has 0 amide bonds. The van der Waals surface area contributed by atoms with Gasteiger partial charge in [0.2, 0.25) is 0 Å². The van der Waals surface area contributed by atoms with Gasteiger partial charge in [-0.1, -0.05) is 58.0 Å². The number of carbonyl (C=O) groups excluding carboxylic acids is 1. The summed E-state index contributed by atoms with van der Waals surface area (Å²) in [5, 5.41) is 3.89. The fourth-order valence-electron chi connectivity index (χ4n) is 2.96. The van der Waals surface area contributed by atoms with Crippen molar-refractivity contribution in [1.82, 2.24) is 0 Å². The molecule has 0 saturated heterocycles. The SMILES string of the molecule is COC(=O)[C@H](O[Si](C)(C)C(C)(C)C)[C@H](CC1CCCCC1)N=[N+]=[N-]. The number of hydrogen-bond acceptors (Lipinski definition) is 4. The second-order valence-electron chi connectivity index (χ2n) is 8.33. The first-order chi connectivity index (χ1) is 11.1. The Morgan fingerprint density at radius 1 is 1.29 bits per heavy atom. The molecule has 2 atom stereocenters. The van der Waals surface area contributed by atoms with Crippen molar-refractivity contribution < 1.29 is 14.0 Å². The Balaban J connectivity index is 3.00. The smallest absolute Gasteiger partial charge is 0.334 e. The maximum Gasteiger partial charge on any atom is 0.334 e. The van der Waals surface area contributed by atoms with Gasteiger partial charge in [-0.15, -0.1) is 0 Å². The van der Waals surface area contributed by atoms with E-state index in [4.69, 9.17) is 14.7 Å². The van der Waals surface area contributed by atoms with Gasteiger partial charge in [0.15, 0.2) is 14.4 Å². The maximum atomic E-state index is 12.4. The lowest BCUT2D eigenvalue weighted by atomic mass is 9.84. The van der Waals surface area contributed by atoms with Crippen molar-refractivity contribution in [2.24, 2.45) is 11.0 Å². The molecule has 1 aliphatic carbocycles. The Labute approximate surface area is 147 Å². The topological polar surface area (TPSA) is 84.3 Å². The molecule has 1 aliphatic rings. The van der Waals surface area contributed by atoms with Crippen LogP contribution in [0.1, 0.15) is 59.3 Å². The molecular weight excluding hydrogens is 322 g/mol. The molecule has 24 heavy (non-hydrogen) atoms. The van der Waals surface area contributed by atoms with Crippen LogP contribution in [0.4, 0.5) is 0 Å². The highest BCUT2D eigenvalue weighted by atomic mass is 28.4. The quantitative estimate of drug-likeness (QED) is 0.207. The Hall–Kier alpha value is -1.04. The molecule has 1 rings (SSSR count). The van der Waals surface area contributed by atoms with Crippen molar-refractivity contribution in [1.29, 1.82) is 0 Å². The Kier molecular flexibility index (Phi) is 7.77. The Morgan fingerprint density at radius 3 is 2.33 bits per heavy atom. The molecule has 1 fully saturated rings. The fraction of sp³-hybridized carbons (Fsp3) is 0.941. The third-order valence-corrected chi connectivity index (χ3v) is 9.97. The maximum absolute atomic E-state index is 12.4. The fourth-order valence-corrected chi connectivity index (χ4v) is 4.20. The summed E-state index contributed by atoms with van der Waals surface area (Å²) in [7, 11) is -0.829. The van der Waals surface area contributed by atoms with Gasteiger partial charge in [0.1, 0.15) is 0 Å². The van der Waals surface area contributed by atoms with Crippen LogP contribution in [0.5, 0.6) is 0 Å². The lowest BCUT2D eigenvalue weighted by molar-refractivity contribution is -0.150. The summed E-state index contributed by atoms with van der Waals surface area (Å²) in [4.78, 5) is 15.4. The standard InChI is InChI=1S/C17H33N3O3Si/c1-17(2,3)24(5,6)23-15(16(21)22-4)14(19-20-18)12-13-10-8-7-9-11-13/h13-15H,7-12H2,1-6H3/t14-,15+/m0/s1. The van der Waals surface area contributed by atoms with Crippen LogP contribution in [0.25, 0.3) is 10.4 Å². The van der Waals surface area contributed by atoms with E-state index in [-0.39, 0.29) is 5.04 Å². The molecule has 0 spiro atoms. The highest BCUT2D eigenvalue weighted by Gasteiger charge is 2.43. The number of nitrogens with zero attached hydrogens (tertiary/aromatic N) is 3. The van der Waals surface area contributed by atoms with Crippen LogP contribution in [0.2, 0.25) is 18.1 Å². The number of esters is 1. The second-order valence-corrected chi connectivity index (χ2v) is 13.1. The van der Waals surface area contributed by atoms with E-state index in [0.29, 0.717) is 12.3 Å². The van der Waals surface area contributed by atoms with Gasteiger partial charge < -0.3 is 9.16 Å². The number of ether oxygens (including phenoxy) is 1. The van der Waals surface area contributed by atoms with E-state index in [0.717, 1.165) is 12.8 Å². The average Bonchev–Trinajstić information content (AvgIpc) is 2.51. The van der Waals surface area contributed by atoms with Crippen molar-refractivity contribution in [3.63, 3.8) is 0 Å². The summed E-state index contributed by atoms with van der Waals surface area (Å²) in [6.45, 7) is 10.6. The zero-order valence-corrected chi connectivity index (χ0v) is 17.0. The molecule has 0 heterocycles. The summed E-state index contributed by atoms with van der Waals surface area (Å²) in [6.07, 6.45) is 5.83. The Morgan fingerprint density at radius 2 is 1.88 bits per heavy atom. The molecule has 0 radical (unpaired) electrons. The zero-order chi connectivity index (χ0) is 18.4. The van der Waals surface area contributed by atoms with E-state index in [1.165, 1.54) is 26.4 Å². The number of azide groups is 1. The van der Waals surface area contributed by atoms with E-state index in [1.807, 2.05) is 0 Å². The van der Waals surface area contributed by atoms with E-state index in [9.17, 15) is 4.79 Å². The molecule has 0 aromatic heterocycles. The van der Waals surface area contributed by atoms with Crippen LogP contribution in [-0.4, -0.2) is 33.5 Å². The van der Waals surface area contributed by atoms with Crippen LogP contribution in [0, 0.1) is 5.92 Å². The van der Waals surface area contributed by atoms with Crippen LogP contribution in [0.3, 0.4) is 0 Å². The van der Waals surface area contributed by atoms with Crippen molar-refractivity contribution in [3.05, 3.63) is 10.4 Å². The predicted octanol–water partition coefficient (Wildman–Crippen LogP) is 5.20. The molecule has 0 unspecified atom stereocenters. The highest BCUT2D eigenvalue weighted by molar-refractivity contribution is 6.74. The van der Waals surface area contributed by atoms with Crippen LogP contribution < -0.4 is 0 Å². The third-order valence-electron chi connectivity index (χ3n) is 5.51. The number of carbonyl (C=O) groups is 1. The molecule has 138 valence electrons. The molecule has 0 aromatic carbocycles. The summed E-state index contributed by atoms with van der Waals surface area (Å²) in [5.41, 5.74) is 8.99. The molecule has 0 aliphatic heterocycles. The van der Waals surface area contributed by atoms with Gasteiger partial charge in [-0.3, -0.25) is 0 Å².